The number of aliphatic hydroxyl groups is 2. The lowest BCUT2D eigenvalue weighted by molar-refractivity contribution is -0.0377. The molecule has 0 bridgehead atoms. The van der Waals surface area contributed by atoms with Crippen LogP contribution < -0.4 is 9.47 Å². The molecule has 2 aromatic carbocycles. The second-order valence-electron chi connectivity index (χ2n) is 9.54. The number of halogens is 1. The van der Waals surface area contributed by atoms with Gasteiger partial charge in [-0.2, -0.15) is 0 Å². The van der Waals surface area contributed by atoms with Crippen molar-refractivity contribution in [3.05, 3.63) is 53.5 Å². The molecule has 6 nitrogen and oxygen atoms in total. The maximum absolute atomic E-state index is 13.4. The Morgan fingerprint density at radius 2 is 1.97 bits per heavy atom. The number of nitrogens with zero attached hydrogens (tertiary/aromatic N) is 1. The van der Waals surface area contributed by atoms with Gasteiger partial charge in [-0.25, -0.2) is 4.39 Å². The van der Waals surface area contributed by atoms with Gasteiger partial charge in [-0.3, -0.25) is 0 Å². The van der Waals surface area contributed by atoms with Gasteiger partial charge in [0.2, 0.25) is 0 Å². The highest BCUT2D eigenvalue weighted by atomic mass is 19.1. The van der Waals surface area contributed by atoms with Crippen LogP contribution in [-0.2, 0) is 0 Å². The maximum atomic E-state index is 13.4. The van der Waals surface area contributed by atoms with Gasteiger partial charge in [-0.1, -0.05) is 18.1 Å². The number of benzene rings is 2. The number of ether oxygens (including phenoxy) is 2. The summed E-state index contributed by atoms with van der Waals surface area (Å²) >= 11 is 0. The van der Waals surface area contributed by atoms with E-state index >= 15 is 0 Å². The minimum absolute atomic E-state index is 0.219. The molecule has 33 heavy (non-hydrogen) atoms. The Hall–Kier alpha value is -2.64. The van der Waals surface area contributed by atoms with Crippen molar-refractivity contribution in [2.75, 3.05) is 6.61 Å². The van der Waals surface area contributed by atoms with Crippen LogP contribution in [0.25, 0.3) is 11.0 Å². The molecule has 1 aliphatic heterocycles. The standard InChI is InChI=1S/C26H30FNO5/c1-15-10-25(30)32-23-13-20(7-9-21(15)23)31-14-19(29)11-16-2-4-17(5-3-16)26-22-8-6-18(27)12-24(22)33-28-26/h6-9,12-13,15-17,19,25,29-30H,2-5,10-11,14H2,1H3. The molecule has 3 aromatic rings. The fourth-order valence-corrected chi connectivity index (χ4v) is 5.28. The van der Waals surface area contributed by atoms with Crippen LogP contribution in [0.3, 0.4) is 0 Å². The van der Waals surface area contributed by atoms with E-state index in [9.17, 15) is 14.6 Å². The quantitative estimate of drug-likeness (QED) is 0.526. The van der Waals surface area contributed by atoms with Crippen LogP contribution in [0.4, 0.5) is 4.39 Å². The summed E-state index contributed by atoms with van der Waals surface area (Å²) in [5.41, 5.74) is 2.48. The summed E-state index contributed by atoms with van der Waals surface area (Å²) in [7, 11) is 0. The summed E-state index contributed by atoms with van der Waals surface area (Å²) in [5.74, 6) is 1.92. The highest BCUT2D eigenvalue weighted by Crippen LogP contribution is 2.40. The van der Waals surface area contributed by atoms with Gasteiger partial charge in [0.1, 0.15) is 23.9 Å². The molecule has 0 spiro atoms. The fraction of sp³-hybridized carbons (Fsp3) is 0.500. The lowest BCUT2D eigenvalue weighted by Crippen LogP contribution is -2.25. The van der Waals surface area contributed by atoms with Gasteiger partial charge < -0.3 is 24.2 Å². The van der Waals surface area contributed by atoms with E-state index in [0.29, 0.717) is 41.8 Å². The van der Waals surface area contributed by atoms with E-state index in [2.05, 4.69) is 12.1 Å². The summed E-state index contributed by atoms with van der Waals surface area (Å²) in [6.45, 7) is 2.28. The number of rotatable bonds is 6. The zero-order valence-corrected chi connectivity index (χ0v) is 18.7. The summed E-state index contributed by atoms with van der Waals surface area (Å²) in [5, 5.41) is 25.5. The van der Waals surface area contributed by atoms with Gasteiger partial charge >= 0.3 is 0 Å². The normalized spacial score (nSPS) is 25.9. The zero-order valence-electron chi connectivity index (χ0n) is 18.7. The minimum Gasteiger partial charge on any atom is -0.491 e. The minimum atomic E-state index is -0.792. The molecular weight excluding hydrogens is 425 g/mol. The van der Waals surface area contributed by atoms with Crippen LogP contribution in [0.2, 0.25) is 0 Å². The average molecular weight is 456 g/mol. The van der Waals surface area contributed by atoms with Crippen LogP contribution in [0, 0.1) is 11.7 Å². The van der Waals surface area contributed by atoms with Crippen molar-refractivity contribution in [1.29, 1.82) is 0 Å². The molecule has 2 aliphatic rings. The molecule has 0 amide bonds. The predicted molar refractivity (Wildman–Crippen MR) is 121 cm³/mol. The van der Waals surface area contributed by atoms with E-state index in [-0.39, 0.29) is 18.3 Å². The van der Waals surface area contributed by atoms with Crippen molar-refractivity contribution >= 4 is 11.0 Å². The first-order valence-electron chi connectivity index (χ1n) is 11.8. The molecule has 1 fully saturated rings. The highest BCUT2D eigenvalue weighted by Gasteiger charge is 2.28. The average Bonchev–Trinajstić information content (AvgIpc) is 3.21. The Kier molecular flexibility index (Phi) is 6.25. The van der Waals surface area contributed by atoms with Crippen molar-refractivity contribution in [2.24, 2.45) is 5.92 Å². The van der Waals surface area contributed by atoms with E-state index in [1.807, 2.05) is 12.1 Å². The van der Waals surface area contributed by atoms with Crippen LogP contribution in [0.1, 0.15) is 68.5 Å². The Labute approximate surface area is 192 Å². The van der Waals surface area contributed by atoms with Crippen LogP contribution >= 0.6 is 0 Å². The number of aromatic nitrogens is 1. The molecule has 1 aromatic heterocycles. The number of hydrogen-bond donors (Lipinski definition) is 2. The van der Waals surface area contributed by atoms with Gasteiger partial charge in [0.25, 0.3) is 0 Å². The first-order valence-corrected chi connectivity index (χ1v) is 11.8. The molecular formula is C26H30FNO5. The van der Waals surface area contributed by atoms with E-state index in [1.165, 1.54) is 12.1 Å². The van der Waals surface area contributed by atoms with Gasteiger partial charge in [0, 0.05) is 29.9 Å². The summed E-state index contributed by atoms with van der Waals surface area (Å²) in [4.78, 5) is 0. The van der Waals surface area contributed by atoms with E-state index in [1.54, 1.807) is 12.1 Å². The lowest BCUT2D eigenvalue weighted by Gasteiger charge is -2.29. The van der Waals surface area contributed by atoms with E-state index in [0.717, 1.165) is 42.3 Å². The Morgan fingerprint density at radius 3 is 2.79 bits per heavy atom. The predicted octanol–water partition coefficient (Wildman–Crippen LogP) is 5.28. The van der Waals surface area contributed by atoms with Gasteiger partial charge in [-0.05, 0) is 67.7 Å². The van der Waals surface area contributed by atoms with E-state index in [4.69, 9.17) is 14.0 Å². The van der Waals surface area contributed by atoms with Crippen molar-refractivity contribution in [2.45, 2.75) is 69.7 Å². The molecule has 0 radical (unpaired) electrons. The molecule has 0 saturated heterocycles. The smallest absolute Gasteiger partial charge is 0.197 e. The summed E-state index contributed by atoms with van der Waals surface area (Å²) < 4.78 is 30.1. The monoisotopic (exact) mass is 455 g/mol. The summed E-state index contributed by atoms with van der Waals surface area (Å²) in [6, 6.07) is 10.2. The van der Waals surface area contributed by atoms with Crippen LogP contribution in [0.5, 0.6) is 11.5 Å². The summed E-state index contributed by atoms with van der Waals surface area (Å²) in [6.07, 6.45) is 3.87. The third-order valence-electron chi connectivity index (χ3n) is 7.08. The van der Waals surface area contributed by atoms with Crippen molar-refractivity contribution in [3.63, 3.8) is 0 Å². The second-order valence-corrected chi connectivity index (χ2v) is 9.54. The molecule has 2 heterocycles. The third-order valence-corrected chi connectivity index (χ3v) is 7.08. The van der Waals surface area contributed by atoms with Crippen molar-refractivity contribution < 1.29 is 28.6 Å². The molecule has 176 valence electrons. The maximum Gasteiger partial charge on any atom is 0.197 e. The number of fused-ring (bicyclic) bond motifs is 2. The molecule has 3 atom stereocenters. The molecule has 2 N–H and O–H groups in total. The molecule has 3 unspecified atom stereocenters. The molecule has 5 rings (SSSR count). The van der Waals surface area contributed by atoms with Gasteiger partial charge in [0.15, 0.2) is 11.9 Å². The Balaban J connectivity index is 1.11. The SMILES string of the molecule is CC1CC(O)Oc2cc(OCC(O)CC3CCC(c4noc5cc(F)ccc45)CC3)ccc21. The first-order chi connectivity index (χ1) is 16.0. The second kappa shape index (κ2) is 9.31. The third kappa shape index (κ3) is 4.84. The first kappa shape index (κ1) is 22.2. The van der Waals surface area contributed by atoms with Gasteiger partial charge in [0.05, 0.1) is 11.8 Å². The van der Waals surface area contributed by atoms with Crippen LogP contribution in [-0.4, -0.2) is 34.4 Å². The van der Waals surface area contributed by atoms with Crippen molar-refractivity contribution in [1.82, 2.24) is 5.16 Å². The fourth-order valence-electron chi connectivity index (χ4n) is 5.28. The highest BCUT2D eigenvalue weighted by molar-refractivity contribution is 5.79. The Bertz CT molecular complexity index is 1110. The Morgan fingerprint density at radius 1 is 1.15 bits per heavy atom. The van der Waals surface area contributed by atoms with Gasteiger partial charge in [-0.15, -0.1) is 0 Å². The lowest BCUT2D eigenvalue weighted by atomic mass is 9.78. The molecule has 1 aliphatic carbocycles. The van der Waals surface area contributed by atoms with Crippen LogP contribution in [0.15, 0.2) is 40.9 Å². The topological polar surface area (TPSA) is 85.0 Å². The number of aliphatic hydroxyl groups excluding tert-OH is 2. The number of hydrogen-bond acceptors (Lipinski definition) is 6. The zero-order chi connectivity index (χ0) is 22.9. The molecule has 1 saturated carbocycles. The van der Waals surface area contributed by atoms with E-state index < -0.39 is 12.4 Å². The van der Waals surface area contributed by atoms with Crippen molar-refractivity contribution in [3.8, 4) is 11.5 Å². The largest absolute Gasteiger partial charge is 0.491 e. The molecule has 7 heteroatoms.